The zero-order valence-electron chi connectivity index (χ0n) is 16.5. The van der Waals surface area contributed by atoms with Gasteiger partial charge < -0.3 is 0 Å². The van der Waals surface area contributed by atoms with Crippen LogP contribution in [0.3, 0.4) is 0 Å². The minimum absolute atomic E-state index is 0.122. The van der Waals surface area contributed by atoms with Crippen molar-refractivity contribution in [1.82, 2.24) is 0 Å². The van der Waals surface area contributed by atoms with E-state index in [0.717, 1.165) is 16.7 Å². The third kappa shape index (κ3) is 2.46. The Hall–Kier alpha value is -1.94. The lowest BCUT2D eigenvalue weighted by Gasteiger charge is -2.29. The molecule has 0 heterocycles. The molecule has 132 valence electrons. The first kappa shape index (κ1) is 17.5. The smallest absolute Gasteiger partial charge is 0.175 e. The summed E-state index contributed by atoms with van der Waals surface area (Å²) >= 11 is 0. The molecule has 2 aliphatic carbocycles. The average molecular weight is 375 g/mol. The van der Waals surface area contributed by atoms with E-state index < -0.39 is 16.1 Å². The van der Waals surface area contributed by atoms with Crippen molar-refractivity contribution in [2.45, 2.75) is 39.3 Å². The third-order valence-corrected chi connectivity index (χ3v) is 9.76. The summed E-state index contributed by atoms with van der Waals surface area (Å²) in [6.45, 7) is 14.3. The van der Waals surface area contributed by atoms with Crippen molar-refractivity contribution in [2.75, 3.05) is 0 Å². The number of hydrogen-bond donors (Lipinski definition) is 0. The highest BCUT2D eigenvalue weighted by Crippen LogP contribution is 2.43. The first-order valence-electron chi connectivity index (χ1n) is 9.39. The van der Waals surface area contributed by atoms with E-state index in [4.69, 9.17) is 0 Å². The molecule has 2 aromatic rings. The van der Waals surface area contributed by atoms with Gasteiger partial charge in [-0.15, -0.1) is 5.73 Å². The van der Waals surface area contributed by atoms with Crippen molar-refractivity contribution < 1.29 is 4.79 Å². The van der Waals surface area contributed by atoms with Crippen molar-refractivity contribution in [3.63, 3.8) is 0 Å². The Labute approximate surface area is 157 Å². The maximum absolute atomic E-state index is 13.3. The van der Waals surface area contributed by atoms with Gasteiger partial charge in [0.2, 0.25) is 0 Å². The summed E-state index contributed by atoms with van der Waals surface area (Å²) < 4.78 is 0. The minimum Gasteiger partial charge on any atom is -0.293 e. The largest absolute Gasteiger partial charge is 0.293 e. The molecule has 0 radical (unpaired) electrons. The molecular weight excluding hydrogens is 348 g/mol. The lowest BCUT2D eigenvalue weighted by molar-refractivity contribution is 0.0980. The van der Waals surface area contributed by atoms with E-state index >= 15 is 0 Å². The van der Waals surface area contributed by atoms with Gasteiger partial charge in [0.25, 0.3) is 0 Å². The molecule has 1 nitrogen and oxygen atoms in total. The fourth-order valence-corrected chi connectivity index (χ4v) is 8.15. The molecule has 0 aromatic heterocycles. The monoisotopic (exact) mass is 374 g/mol. The van der Waals surface area contributed by atoms with Crippen LogP contribution in [0.5, 0.6) is 0 Å². The third-order valence-electron chi connectivity index (χ3n) is 5.55. The number of hydrogen-bond acceptors (Lipinski definition) is 1. The predicted molar refractivity (Wildman–Crippen MR) is 117 cm³/mol. The lowest BCUT2D eigenvalue weighted by Crippen LogP contribution is -2.55. The van der Waals surface area contributed by atoms with Crippen LogP contribution in [0.25, 0.3) is 16.5 Å². The molecule has 3 heteroatoms. The van der Waals surface area contributed by atoms with Crippen LogP contribution in [0.2, 0.25) is 39.3 Å². The van der Waals surface area contributed by atoms with E-state index in [-0.39, 0.29) is 11.7 Å². The number of rotatable bonds is 2. The first-order chi connectivity index (χ1) is 12.1. The molecule has 0 saturated carbocycles. The van der Waals surface area contributed by atoms with Crippen LogP contribution in [0.15, 0.2) is 42.5 Å². The van der Waals surface area contributed by atoms with Crippen molar-refractivity contribution in [3.8, 4) is 0 Å². The molecular formula is C23H26OSi2. The quantitative estimate of drug-likeness (QED) is 0.735. The maximum atomic E-state index is 13.3. The minimum atomic E-state index is -1.71. The number of ketones is 1. The molecule has 0 aliphatic heterocycles. The molecule has 0 saturated heterocycles. The van der Waals surface area contributed by atoms with Gasteiger partial charge in [0.1, 0.15) is 0 Å². The number of Topliss-reactive ketones (excluding diaryl/α,β-unsaturated/α-hetero) is 1. The van der Waals surface area contributed by atoms with E-state index in [1.165, 1.54) is 20.8 Å². The summed E-state index contributed by atoms with van der Waals surface area (Å²) in [5, 5.41) is 5.40. The molecule has 1 atom stereocenters. The predicted octanol–water partition coefficient (Wildman–Crippen LogP) is 3.55. The summed E-state index contributed by atoms with van der Waals surface area (Å²) in [4.78, 5) is 13.3. The van der Waals surface area contributed by atoms with Gasteiger partial charge >= 0.3 is 0 Å². The molecule has 26 heavy (non-hydrogen) atoms. The van der Waals surface area contributed by atoms with E-state index in [9.17, 15) is 4.79 Å². The summed E-state index contributed by atoms with van der Waals surface area (Å²) in [5.74, 6) is 0.146. The normalized spacial score (nSPS) is 18.7. The van der Waals surface area contributed by atoms with Gasteiger partial charge in [-0.2, -0.15) is 0 Å². The number of fused-ring (bicyclic) bond motifs is 4. The zero-order valence-corrected chi connectivity index (χ0v) is 18.5. The maximum Gasteiger partial charge on any atom is 0.175 e. The second-order valence-corrected chi connectivity index (χ2v) is 19.6. The number of carbonyl (C=O) groups is 1. The molecule has 0 spiro atoms. The molecule has 2 aliphatic rings. The Morgan fingerprint density at radius 3 is 2.08 bits per heavy atom. The summed E-state index contributed by atoms with van der Waals surface area (Å²) in [7, 11) is -3.22. The Morgan fingerprint density at radius 2 is 1.46 bits per heavy atom. The fourth-order valence-electron chi connectivity index (χ4n) is 4.45. The van der Waals surface area contributed by atoms with Crippen LogP contribution < -0.4 is 15.6 Å². The number of allylic oxidation sites excluding steroid dienone is 1. The van der Waals surface area contributed by atoms with Crippen LogP contribution in [0, 0.1) is 5.92 Å². The molecule has 4 rings (SSSR count). The SMILES string of the molecule is C[Si](C)(C)C1=c2cccc([Si](C)(C)C)c2=C=C2c3ccccc3C(=O)C21. The van der Waals surface area contributed by atoms with Crippen molar-refractivity contribution in [2.24, 2.45) is 5.92 Å². The van der Waals surface area contributed by atoms with Gasteiger partial charge in [0.05, 0.1) is 22.1 Å². The summed E-state index contributed by atoms with van der Waals surface area (Å²) in [5.41, 5.74) is 6.83. The van der Waals surface area contributed by atoms with Crippen LogP contribution in [-0.2, 0) is 0 Å². The topological polar surface area (TPSA) is 17.1 Å². The molecule has 0 bridgehead atoms. The van der Waals surface area contributed by atoms with Gasteiger partial charge in [-0.3, -0.25) is 4.79 Å². The molecule has 0 amide bonds. The summed E-state index contributed by atoms with van der Waals surface area (Å²) in [6.07, 6.45) is 0. The van der Waals surface area contributed by atoms with Crippen molar-refractivity contribution in [1.29, 1.82) is 0 Å². The Kier molecular flexibility index (Phi) is 3.72. The second kappa shape index (κ2) is 5.53. The fraction of sp³-hybridized carbons (Fsp3) is 0.304. The van der Waals surface area contributed by atoms with Crippen LogP contribution in [0.1, 0.15) is 15.9 Å². The van der Waals surface area contributed by atoms with Gasteiger partial charge in [0.15, 0.2) is 5.78 Å². The van der Waals surface area contributed by atoms with E-state index in [0.29, 0.717) is 0 Å². The van der Waals surface area contributed by atoms with Crippen molar-refractivity contribution in [3.05, 3.63) is 64.0 Å². The van der Waals surface area contributed by atoms with Crippen LogP contribution in [0.4, 0.5) is 0 Å². The molecule has 2 aromatic carbocycles. The second-order valence-electron chi connectivity index (χ2n) is 9.52. The summed E-state index contributed by atoms with van der Waals surface area (Å²) in [6, 6.07) is 14.8. The molecule has 0 N–H and O–H groups in total. The van der Waals surface area contributed by atoms with E-state index in [1.54, 1.807) is 0 Å². The van der Waals surface area contributed by atoms with E-state index in [2.05, 4.69) is 69.3 Å². The zero-order chi connectivity index (χ0) is 18.9. The highest BCUT2D eigenvalue weighted by molar-refractivity contribution is 6.93. The Bertz CT molecular complexity index is 1100. The Balaban J connectivity index is 2.24. The average Bonchev–Trinajstić information content (AvgIpc) is 2.83. The van der Waals surface area contributed by atoms with Gasteiger partial charge in [-0.05, 0) is 16.0 Å². The Morgan fingerprint density at radius 1 is 0.808 bits per heavy atom. The number of carbonyl (C=O) groups excluding carboxylic acids is 1. The van der Waals surface area contributed by atoms with Gasteiger partial charge in [0, 0.05) is 16.4 Å². The van der Waals surface area contributed by atoms with Crippen molar-refractivity contribution >= 4 is 43.6 Å². The van der Waals surface area contributed by atoms with Crippen LogP contribution >= 0.6 is 0 Å². The van der Waals surface area contributed by atoms with Crippen LogP contribution in [-0.4, -0.2) is 21.9 Å². The highest BCUT2D eigenvalue weighted by Gasteiger charge is 2.43. The first-order valence-corrected chi connectivity index (χ1v) is 16.4. The number of benzene rings is 2. The van der Waals surface area contributed by atoms with E-state index in [1.807, 2.05) is 18.2 Å². The lowest BCUT2D eigenvalue weighted by atomic mass is 9.93. The van der Waals surface area contributed by atoms with Gasteiger partial charge in [-0.25, -0.2) is 0 Å². The highest BCUT2D eigenvalue weighted by atomic mass is 28.3. The van der Waals surface area contributed by atoms with Gasteiger partial charge in [-0.1, -0.05) is 86.9 Å². The molecule has 1 unspecified atom stereocenters. The standard InChI is InChI=1S/C23H26OSi2/c1-25(2,3)20-13-9-12-17-18(20)14-19-15-10-7-8-11-16(15)22(24)21(19)23(17)26(4,5)6/h7-13,21H,1-6H3. The molecule has 0 fully saturated rings.